The molecule has 4 heterocycles. The number of pyridine rings is 1. The summed E-state index contributed by atoms with van der Waals surface area (Å²) in [6, 6.07) is 9.66. The average molecular weight is 376 g/mol. The Morgan fingerprint density at radius 2 is 2.07 bits per heavy atom. The molecule has 0 spiro atoms. The lowest BCUT2D eigenvalue weighted by Gasteiger charge is -2.28. The second-order valence-corrected chi connectivity index (χ2v) is 7.15. The molecular formula is C21H20N4O3. The Labute approximate surface area is 162 Å². The highest BCUT2D eigenvalue weighted by atomic mass is 16.7. The van der Waals surface area contributed by atoms with Crippen LogP contribution >= 0.6 is 0 Å². The first kappa shape index (κ1) is 16.9. The van der Waals surface area contributed by atoms with Crippen LogP contribution in [0.4, 0.5) is 0 Å². The summed E-state index contributed by atoms with van der Waals surface area (Å²) in [6.45, 7) is 4.58. The fourth-order valence-electron chi connectivity index (χ4n) is 3.75. The number of H-pyrrole nitrogens is 1. The van der Waals surface area contributed by atoms with Gasteiger partial charge in [-0.3, -0.25) is 14.7 Å². The number of hydrogen-bond acceptors (Lipinski definition) is 6. The van der Waals surface area contributed by atoms with Crippen molar-refractivity contribution in [2.75, 3.05) is 13.3 Å². The third-order valence-corrected chi connectivity index (χ3v) is 5.29. The number of hydrogen-bond donors (Lipinski definition) is 1. The van der Waals surface area contributed by atoms with Gasteiger partial charge < -0.3 is 14.5 Å². The van der Waals surface area contributed by atoms with Crippen LogP contribution in [0.3, 0.4) is 0 Å². The van der Waals surface area contributed by atoms with Crippen molar-refractivity contribution in [1.82, 2.24) is 19.9 Å². The minimum atomic E-state index is -0.0652. The number of nitrogens with zero attached hydrogens (tertiary/aromatic N) is 3. The van der Waals surface area contributed by atoms with Gasteiger partial charge in [-0.1, -0.05) is 6.07 Å². The van der Waals surface area contributed by atoms with Crippen LogP contribution < -0.4 is 15.0 Å². The molecule has 0 radical (unpaired) electrons. The summed E-state index contributed by atoms with van der Waals surface area (Å²) in [5.74, 6) is 2.12. The van der Waals surface area contributed by atoms with E-state index >= 15 is 0 Å². The van der Waals surface area contributed by atoms with Crippen LogP contribution in [0.1, 0.15) is 22.4 Å². The largest absolute Gasteiger partial charge is 0.454 e. The second-order valence-electron chi connectivity index (χ2n) is 7.15. The number of aryl methyl sites for hydroxylation is 1. The summed E-state index contributed by atoms with van der Waals surface area (Å²) >= 11 is 0. The lowest BCUT2D eigenvalue weighted by molar-refractivity contribution is 0.174. The standard InChI is InChI=1S/C21H20N4O3/c1-13-8-18-19(28-12-27-18)9-14(13)10-25-7-5-15-17(11-25)23-20(24-21(15)26)16-4-2-3-6-22-16/h2-4,6,8-9H,5,7,10-12H2,1H3,(H,23,24,26). The van der Waals surface area contributed by atoms with E-state index in [9.17, 15) is 4.79 Å². The van der Waals surface area contributed by atoms with E-state index in [0.717, 1.165) is 35.8 Å². The van der Waals surface area contributed by atoms with Crippen LogP contribution in [-0.2, 0) is 19.5 Å². The molecule has 3 aromatic rings. The van der Waals surface area contributed by atoms with E-state index in [1.165, 1.54) is 11.1 Å². The quantitative estimate of drug-likeness (QED) is 0.756. The number of rotatable bonds is 3. The minimum absolute atomic E-state index is 0.0652. The molecule has 0 saturated heterocycles. The van der Waals surface area contributed by atoms with Crippen molar-refractivity contribution < 1.29 is 9.47 Å². The molecule has 0 amide bonds. The fraction of sp³-hybridized carbons (Fsp3) is 0.286. The number of aromatic amines is 1. The van der Waals surface area contributed by atoms with Crippen LogP contribution in [0, 0.1) is 6.92 Å². The van der Waals surface area contributed by atoms with Gasteiger partial charge in [-0.25, -0.2) is 4.98 Å². The van der Waals surface area contributed by atoms with Gasteiger partial charge in [0.15, 0.2) is 17.3 Å². The molecule has 142 valence electrons. The Hall–Kier alpha value is -3.19. The summed E-state index contributed by atoms with van der Waals surface area (Å²) in [7, 11) is 0. The van der Waals surface area contributed by atoms with E-state index in [1.807, 2.05) is 24.3 Å². The summed E-state index contributed by atoms with van der Waals surface area (Å²) < 4.78 is 11.0. The van der Waals surface area contributed by atoms with Crippen molar-refractivity contribution in [3.05, 3.63) is 69.3 Å². The Kier molecular flexibility index (Phi) is 4.09. The molecule has 0 saturated carbocycles. The van der Waals surface area contributed by atoms with E-state index < -0.39 is 0 Å². The number of nitrogens with one attached hydrogen (secondary N) is 1. The van der Waals surface area contributed by atoms with Crippen molar-refractivity contribution in [1.29, 1.82) is 0 Å². The van der Waals surface area contributed by atoms with Crippen LogP contribution in [-0.4, -0.2) is 33.2 Å². The molecule has 2 aromatic heterocycles. The zero-order chi connectivity index (χ0) is 19.1. The molecule has 0 unspecified atom stereocenters. The highest BCUT2D eigenvalue weighted by Crippen LogP contribution is 2.35. The van der Waals surface area contributed by atoms with Gasteiger partial charge in [0.1, 0.15) is 5.69 Å². The van der Waals surface area contributed by atoms with Gasteiger partial charge in [0.2, 0.25) is 6.79 Å². The highest BCUT2D eigenvalue weighted by molar-refractivity contribution is 5.50. The predicted octanol–water partition coefficient (Wildman–Crippen LogP) is 2.43. The average Bonchev–Trinajstić information content (AvgIpc) is 3.15. The van der Waals surface area contributed by atoms with Crippen molar-refractivity contribution >= 4 is 0 Å². The van der Waals surface area contributed by atoms with Gasteiger partial charge in [0, 0.05) is 31.4 Å². The molecule has 28 heavy (non-hydrogen) atoms. The molecular weight excluding hydrogens is 356 g/mol. The zero-order valence-corrected chi connectivity index (χ0v) is 15.6. The van der Waals surface area contributed by atoms with Crippen LogP contribution in [0.5, 0.6) is 11.5 Å². The monoisotopic (exact) mass is 376 g/mol. The Balaban J connectivity index is 1.42. The topological polar surface area (TPSA) is 80.3 Å². The number of aromatic nitrogens is 3. The van der Waals surface area contributed by atoms with Crippen molar-refractivity contribution in [3.63, 3.8) is 0 Å². The number of fused-ring (bicyclic) bond motifs is 2. The lowest BCUT2D eigenvalue weighted by Crippen LogP contribution is -2.35. The normalized spacial score (nSPS) is 15.5. The third-order valence-electron chi connectivity index (χ3n) is 5.29. The van der Waals surface area contributed by atoms with Crippen molar-refractivity contribution in [2.24, 2.45) is 0 Å². The van der Waals surface area contributed by atoms with Crippen LogP contribution in [0.25, 0.3) is 11.5 Å². The SMILES string of the molecule is Cc1cc2c(cc1CN1CCc3c(nc(-c4ccccn4)[nH]c3=O)C1)OCO2. The first-order valence-electron chi connectivity index (χ1n) is 9.32. The van der Waals surface area contributed by atoms with Gasteiger partial charge in [0.05, 0.1) is 5.69 Å². The first-order valence-corrected chi connectivity index (χ1v) is 9.32. The maximum atomic E-state index is 12.5. The van der Waals surface area contributed by atoms with Crippen LogP contribution in [0.15, 0.2) is 41.3 Å². The fourth-order valence-corrected chi connectivity index (χ4v) is 3.75. The van der Waals surface area contributed by atoms with E-state index in [1.54, 1.807) is 6.20 Å². The van der Waals surface area contributed by atoms with Gasteiger partial charge in [-0.2, -0.15) is 0 Å². The van der Waals surface area contributed by atoms with Crippen molar-refractivity contribution in [2.45, 2.75) is 26.4 Å². The van der Waals surface area contributed by atoms with E-state index in [2.05, 4.69) is 27.9 Å². The maximum absolute atomic E-state index is 12.5. The van der Waals surface area contributed by atoms with Crippen LogP contribution in [0.2, 0.25) is 0 Å². The molecule has 0 bridgehead atoms. The summed E-state index contributed by atoms with van der Waals surface area (Å²) in [4.78, 5) is 26.7. The molecule has 7 heteroatoms. The van der Waals surface area contributed by atoms with Gasteiger partial charge >= 0.3 is 0 Å². The highest BCUT2D eigenvalue weighted by Gasteiger charge is 2.23. The molecule has 5 rings (SSSR count). The predicted molar refractivity (Wildman–Crippen MR) is 103 cm³/mol. The number of benzene rings is 1. The Morgan fingerprint density at radius 3 is 2.89 bits per heavy atom. The maximum Gasteiger partial charge on any atom is 0.254 e. The third kappa shape index (κ3) is 3.03. The number of ether oxygens (including phenoxy) is 2. The van der Waals surface area contributed by atoms with E-state index in [0.29, 0.717) is 24.5 Å². The van der Waals surface area contributed by atoms with E-state index in [-0.39, 0.29) is 12.4 Å². The van der Waals surface area contributed by atoms with Gasteiger partial charge in [-0.15, -0.1) is 0 Å². The molecule has 1 aromatic carbocycles. The molecule has 0 fully saturated rings. The molecule has 0 atom stereocenters. The zero-order valence-electron chi connectivity index (χ0n) is 15.6. The Morgan fingerprint density at radius 1 is 1.21 bits per heavy atom. The summed E-state index contributed by atoms with van der Waals surface area (Å²) in [5.41, 5.74) is 4.58. The van der Waals surface area contributed by atoms with Gasteiger partial charge in [0.25, 0.3) is 5.56 Å². The second kappa shape index (κ2) is 6.76. The summed E-state index contributed by atoms with van der Waals surface area (Å²) in [5, 5.41) is 0. The van der Waals surface area contributed by atoms with E-state index in [4.69, 9.17) is 14.5 Å². The smallest absolute Gasteiger partial charge is 0.254 e. The Bertz CT molecular complexity index is 1090. The molecule has 2 aliphatic rings. The van der Waals surface area contributed by atoms with Crippen molar-refractivity contribution in [3.8, 4) is 23.0 Å². The molecule has 1 N–H and O–H groups in total. The van der Waals surface area contributed by atoms with Gasteiger partial charge in [-0.05, 0) is 48.7 Å². The minimum Gasteiger partial charge on any atom is -0.454 e. The summed E-state index contributed by atoms with van der Waals surface area (Å²) in [6.07, 6.45) is 2.38. The molecule has 0 aliphatic carbocycles. The lowest BCUT2D eigenvalue weighted by atomic mass is 10.0. The molecule has 7 nitrogen and oxygen atoms in total. The molecule has 2 aliphatic heterocycles. The first-order chi connectivity index (χ1) is 13.7.